The van der Waals surface area contributed by atoms with E-state index in [1.807, 2.05) is 12.1 Å². The second-order valence-corrected chi connectivity index (χ2v) is 6.50. The molecule has 1 heterocycles. The van der Waals surface area contributed by atoms with Crippen LogP contribution in [0.4, 0.5) is 11.4 Å². The molecule has 1 saturated heterocycles. The van der Waals surface area contributed by atoms with Crippen molar-refractivity contribution >= 4 is 46.5 Å². The molecule has 2 aromatic rings. The number of amides is 2. The Balaban J connectivity index is 1.83. The van der Waals surface area contributed by atoms with Crippen LogP contribution in [0.25, 0.3) is 0 Å². The van der Waals surface area contributed by atoms with Crippen molar-refractivity contribution in [3.05, 3.63) is 60.7 Å². The number of anilines is 2. The maximum atomic E-state index is 13.0. The monoisotopic (exact) mass is 397 g/mol. The lowest BCUT2D eigenvalue weighted by Crippen LogP contribution is -2.41. The first-order chi connectivity index (χ1) is 13.5. The van der Waals surface area contributed by atoms with Gasteiger partial charge in [-0.2, -0.15) is 0 Å². The Kier molecular flexibility index (Phi) is 6.00. The third-order valence-corrected chi connectivity index (χ3v) is 4.71. The maximum Gasteiger partial charge on any atom is 0.325 e. The van der Waals surface area contributed by atoms with E-state index in [1.54, 1.807) is 48.5 Å². The third kappa shape index (κ3) is 4.17. The predicted octanol–water partition coefficient (Wildman–Crippen LogP) is 2.19. The number of esters is 1. The maximum absolute atomic E-state index is 13.0. The molecule has 0 bridgehead atoms. The number of rotatable bonds is 6. The molecule has 144 valence electrons. The molecule has 1 N–H and O–H groups in total. The highest BCUT2D eigenvalue weighted by Gasteiger charge is 2.44. The number of benzene rings is 2. The van der Waals surface area contributed by atoms with Crippen molar-refractivity contribution in [1.29, 1.82) is 0 Å². The molecule has 3 rings (SSSR count). The first-order valence-electron chi connectivity index (χ1n) is 8.62. The second kappa shape index (κ2) is 8.62. The Hall–Kier alpha value is -3.26. The lowest BCUT2D eigenvalue weighted by atomic mass is 10.1. The van der Waals surface area contributed by atoms with Gasteiger partial charge in [0, 0.05) is 5.69 Å². The Bertz CT molecular complexity index is 889. The fourth-order valence-corrected chi connectivity index (χ4v) is 3.33. The van der Waals surface area contributed by atoms with Crippen LogP contribution < -0.4 is 10.2 Å². The van der Waals surface area contributed by atoms with Crippen LogP contribution in [0.15, 0.2) is 60.7 Å². The van der Waals surface area contributed by atoms with E-state index in [0.717, 1.165) is 0 Å². The van der Waals surface area contributed by atoms with Crippen molar-refractivity contribution in [3.63, 3.8) is 0 Å². The molecule has 8 heteroatoms. The lowest BCUT2D eigenvalue weighted by molar-refractivity contribution is -0.141. The molecule has 0 aromatic heterocycles. The summed E-state index contributed by atoms with van der Waals surface area (Å²) in [5, 5.41) is 2.92. The van der Waals surface area contributed by atoms with Crippen molar-refractivity contribution in [2.24, 2.45) is 0 Å². The van der Waals surface area contributed by atoms with Gasteiger partial charge in [0.25, 0.3) is 5.91 Å². The number of hydrogen-bond acceptors (Lipinski definition) is 5. The highest BCUT2D eigenvalue weighted by molar-refractivity contribution is 7.80. The van der Waals surface area contributed by atoms with E-state index in [1.165, 1.54) is 16.9 Å². The number of hydrogen-bond donors (Lipinski definition) is 1. The molecule has 0 aliphatic carbocycles. The van der Waals surface area contributed by atoms with Crippen molar-refractivity contribution < 1.29 is 19.1 Å². The van der Waals surface area contributed by atoms with E-state index in [4.69, 9.17) is 17.0 Å². The first kappa shape index (κ1) is 19.5. The molecule has 28 heavy (non-hydrogen) atoms. The van der Waals surface area contributed by atoms with Crippen molar-refractivity contribution in [1.82, 2.24) is 4.90 Å². The average Bonchev–Trinajstić information content (AvgIpc) is 2.93. The van der Waals surface area contributed by atoms with Crippen LogP contribution in [0.3, 0.4) is 0 Å². The minimum Gasteiger partial charge on any atom is -0.468 e. The van der Waals surface area contributed by atoms with Crippen molar-refractivity contribution in [2.75, 3.05) is 23.9 Å². The van der Waals surface area contributed by atoms with Crippen LogP contribution in [0.5, 0.6) is 0 Å². The predicted molar refractivity (Wildman–Crippen MR) is 109 cm³/mol. The normalized spacial score (nSPS) is 16.2. The molecule has 0 radical (unpaired) electrons. The Labute approximate surface area is 167 Å². The average molecular weight is 397 g/mol. The molecule has 2 aromatic carbocycles. The summed E-state index contributed by atoms with van der Waals surface area (Å²) in [5.41, 5.74) is 1.21. The van der Waals surface area contributed by atoms with Crippen LogP contribution in [0, 0.1) is 0 Å². The molecule has 1 aliphatic heterocycles. The van der Waals surface area contributed by atoms with Crippen molar-refractivity contribution in [2.45, 2.75) is 12.5 Å². The standard InChI is InChI=1S/C20H19N3O4S/c1-27-18(25)13-22-16(12-17(24)21-14-8-4-2-5-9-14)19(26)23(20(22)28)15-10-6-3-7-11-15/h2-11,16H,12-13H2,1H3,(H,21,24)/t16-/m0/s1. The topological polar surface area (TPSA) is 79.0 Å². The number of carbonyl (C=O) groups excluding carboxylic acids is 3. The minimum absolute atomic E-state index is 0.145. The summed E-state index contributed by atoms with van der Waals surface area (Å²) >= 11 is 5.44. The van der Waals surface area contributed by atoms with Gasteiger partial charge in [-0.3, -0.25) is 19.3 Å². The Morgan fingerprint density at radius 2 is 1.68 bits per heavy atom. The molecular formula is C20H19N3O4S. The summed E-state index contributed by atoms with van der Waals surface area (Å²) < 4.78 is 4.72. The summed E-state index contributed by atoms with van der Waals surface area (Å²) in [5.74, 6) is -1.25. The molecule has 1 atom stereocenters. The molecule has 0 spiro atoms. The molecular weight excluding hydrogens is 378 g/mol. The largest absolute Gasteiger partial charge is 0.468 e. The number of methoxy groups -OCH3 is 1. The van der Waals surface area contributed by atoms with E-state index in [0.29, 0.717) is 11.4 Å². The number of ether oxygens (including phenoxy) is 1. The van der Waals surface area contributed by atoms with Gasteiger partial charge < -0.3 is 15.0 Å². The van der Waals surface area contributed by atoms with Crippen LogP contribution in [-0.2, 0) is 19.1 Å². The summed E-state index contributed by atoms with van der Waals surface area (Å²) in [6.45, 7) is -0.215. The van der Waals surface area contributed by atoms with Gasteiger partial charge in [-0.1, -0.05) is 36.4 Å². The minimum atomic E-state index is -0.893. The zero-order valence-corrected chi connectivity index (χ0v) is 16.0. The van der Waals surface area contributed by atoms with E-state index >= 15 is 0 Å². The molecule has 1 aliphatic rings. The smallest absolute Gasteiger partial charge is 0.325 e. The van der Waals surface area contributed by atoms with Gasteiger partial charge in [0.15, 0.2) is 5.11 Å². The van der Waals surface area contributed by atoms with E-state index in [-0.39, 0.29) is 29.9 Å². The fourth-order valence-electron chi connectivity index (χ4n) is 2.94. The van der Waals surface area contributed by atoms with Gasteiger partial charge in [0.05, 0.1) is 19.2 Å². The molecule has 1 fully saturated rings. The second-order valence-electron chi connectivity index (χ2n) is 6.13. The van der Waals surface area contributed by atoms with Gasteiger partial charge >= 0.3 is 5.97 Å². The molecule has 7 nitrogen and oxygen atoms in total. The zero-order valence-electron chi connectivity index (χ0n) is 15.2. The van der Waals surface area contributed by atoms with Crippen LogP contribution in [0.2, 0.25) is 0 Å². The zero-order chi connectivity index (χ0) is 20.1. The number of nitrogens with zero attached hydrogens (tertiary/aromatic N) is 2. The van der Waals surface area contributed by atoms with Crippen LogP contribution in [-0.4, -0.2) is 47.5 Å². The van der Waals surface area contributed by atoms with Gasteiger partial charge in [0.1, 0.15) is 12.6 Å². The van der Waals surface area contributed by atoms with Crippen molar-refractivity contribution in [3.8, 4) is 0 Å². The number of carbonyl (C=O) groups is 3. The van der Waals surface area contributed by atoms with Gasteiger partial charge in [-0.05, 0) is 36.5 Å². The SMILES string of the molecule is COC(=O)CN1C(=S)N(c2ccccc2)C(=O)[C@@H]1CC(=O)Nc1ccccc1. The summed E-state index contributed by atoms with van der Waals surface area (Å²) in [7, 11) is 1.26. The van der Waals surface area contributed by atoms with Gasteiger partial charge in [-0.25, -0.2) is 0 Å². The fraction of sp³-hybridized carbons (Fsp3) is 0.200. The molecule has 0 saturated carbocycles. The summed E-state index contributed by atoms with van der Waals surface area (Å²) in [6, 6.07) is 16.9. The van der Waals surface area contributed by atoms with E-state index in [9.17, 15) is 14.4 Å². The van der Waals surface area contributed by atoms with E-state index < -0.39 is 12.0 Å². The quantitative estimate of drug-likeness (QED) is 0.595. The highest BCUT2D eigenvalue weighted by Crippen LogP contribution is 2.27. The molecule has 2 amide bonds. The number of nitrogens with one attached hydrogen (secondary N) is 1. The van der Waals surface area contributed by atoms with Crippen LogP contribution >= 0.6 is 12.2 Å². The number of thiocarbonyl (C=S) groups is 1. The summed E-state index contributed by atoms with van der Waals surface area (Å²) in [6.07, 6.45) is -0.145. The van der Waals surface area contributed by atoms with Gasteiger partial charge in [0.2, 0.25) is 5.91 Å². The third-order valence-electron chi connectivity index (χ3n) is 4.30. The number of para-hydroxylation sites is 2. The summed E-state index contributed by atoms with van der Waals surface area (Å²) in [4.78, 5) is 40.2. The Morgan fingerprint density at radius 3 is 2.29 bits per heavy atom. The van der Waals surface area contributed by atoms with Crippen LogP contribution in [0.1, 0.15) is 6.42 Å². The lowest BCUT2D eigenvalue weighted by Gasteiger charge is -2.22. The van der Waals surface area contributed by atoms with Gasteiger partial charge in [-0.15, -0.1) is 0 Å². The first-order valence-corrected chi connectivity index (χ1v) is 9.03. The van der Waals surface area contributed by atoms with E-state index in [2.05, 4.69) is 5.32 Å². The highest BCUT2D eigenvalue weighted by atomic mass is 32.1. The Morgan fingerprint density at radius 1 is 1.07 bits per heavy atom. The molecule has 0 unspecified atom stereocenters.